The molecule has 0 radical (unpaired) electrons. The van der Waals surface area contributed by atoms with Gasteiger partial charge in [-0.05, 0) is 6.07 Å². The van der Waals surface area contributed by atoms with Crippen molar-refractivity contribution in [2.45, 2.75) is 0 Å². The quantitative estimate of drug-likeness (QED) is 0.204. The van der Waals surface area contributed by atoms with Crippen molar-refractivity contribution in [2.24, 2.45) is 0 Å². The van der Waals surface area contributed by atoms with E-state index in [2.05, 4.69) is 0 Å². The van der Waals surface area contributed by atoms with E-state index in [4.69, 9.17) is 4.74 Å². The van der Waals surface area contributed by atoms with Gasteiger partial charge in [0.25, 0.3) is 5.69 Å². The molecule has 0 spiro atoms. The summed E-state index contributed by atoms with van der Waals surface area (Å²) in [6, 6.07) is 5.77. The molecule has 7 heteroatoms. The zero-order chi connectivity index (χ0) is 13.8. The molecule has 1 aromatic rings. The molecule has 0 amide bonds. The fourth-order valence-electron chi connectivity index (χ4n) is 1.30. The van der Waals surface area contributed by atoms with Crippen molar-refractivity contribution in [3.8, 4) is 0 Å². The minimum atomic E-state index is -0.657. The molecule has 0 saturated heterocycles. The first-order valence-corrected chi connectivity index (χ1v) is 5.52. The lowest BCUT2D eigenvalue weighted by Crippen LogP contribution is -3.00. The lowest BCUT2D eigenvalue weighted by Gasteiger charge is -2.23. The van der Waals surface area contributed by atoms with E-state index in [1.165, 1.54) is 18.2 Å². The number of quaternary nitrogens is 1. The van der Waals surface area contributed by atoms with Crippen molar-refractivity contribution in [1.82, 2.24) is 0 Å². The van der Waals surface area contributed by atoms with Gasteiger partial charge in [-0.2, -0.15) is 0 Å². The first-order chi connectivity index (χ1) is 8.31. The number of nitro benzene ring substituents is 1. The number of rotatable bonds is 5. The van der Waals surface area contributed by atoms with Crippen LogP contribution in [0.15, 0.2) is 24.3 Å². The molecule has 1 rings (SSSR count). The van der Waals surface area contributed by atoms with Crippen LogP contribution in [0.3, 0.4) is 0 Å². The number of nitro groups is 1. The molecule has 0 atom stereocenters. The highest BCUT2D eigenvalue weighted by Crippen LogP contribution is 2.18. The van der Waals surface area contributed by atoms with E-state index in [-0.39, 0.29) is 41.8 Å². The van der Waals surface area contributed by atoms with E-state index in [9.17, 15) is 14.9 Å². The standard InChI is InChI=1S/C12H17N2O4.HI/c1-14(2,3)8-9-18-12(15)10-6-4-5-7-11(10)13(16)17;/h4-7H,8-9H2,1-3H3;1H/q+1;/p-1. The van der Waals surface area contributed by atoms with Crippen LogP contribution in [0.1, 0.15) is 10.4 Å². The zero-order valence-electron chi connectivity index (χ0n) is 11.1. The maximum atomic E-state index is 11.7. The first kappa shape index (κ1) is 17.8. The fourth-order valence-corrected chi connectivity index (χ4v) is 1.30. The zero-order valence-corrected chi connectivity index (χ0v) is 13.3. The summed E-state index contributed by atoms with van der Waals surface area (Å²) in [6.45, 7) is 0.876. The fraction of sp³-hybridized carbons (Fsp3) is 0.417. The van der Waals surface area contributed by atoms with E-state index < -0.39 is 10.9 Å². The normalized spacial score (nSPS) is 10.5. The summed E-state index contributed by atoms with van der Waals surface area (Å²) >= 11 is 0. The van der Waals surface area contributed by atoms with E-state index in [1.807, 2.05) is 21.1 Å². The second-order valence-corrected chi connectivity index (χ2v) is 4.92. The number of hydrogen-bond donors (Lipinski definition) is 0. The van der Waals surface area contributed by atoms with Gasteiger partial charge in [-0.1, -0.05) is 12.1 Å². The maximum Gasteiger partial charge on any atom is 0.345 e. The van der Waals surface area contributed by atoms with Gasteiger partial charge in [0.15, 0.2) is 0 Å². The summed E-state index contributed by atoms with van der Waals surface area (Å²) in [4.78, 5) is 21.9. The lowest BCUT2D eigenvalue weighted by molar-refractivity contribution is -0.870. The minimum Gasteiger partial charge on any atom is -1.00 e. The number of nitrogens with zero attached hydrogens (tertiary/aromatic N) is 2. The average molecular weight is 380 g/mol. The predicted octanol–water partition coefficient (Wildman–Crippen LogP) is -1.54. The second-order valence-electron chi connectivity index (χ2n) is 4.92. The molecule has 0 N–H and O–H groups in total. The van der Waals surface area contributed by atoms with Crippen LogP contribution in [0.5, 0.6) is 0 Å². The van der Waals surface area contributed by atoms with Crippen molar-refractivity contribution in [2.75, 3.05) is 34.3 Å². The summed E-state index contributed by atoms with van der Waals surface area (Å²) in [7, 11) is 5.91. The van der Waals surface area contributed by atoms with Crippen LogP contribution in [0.2, 0.25) is 0 Å². The molecule has 0 saturated carbocycles. The number of esters is 1. The van der Waals surface area contributed by atoms with Gasteiger partial charge in [-0.15, -0.1) is 0 Å². The highest BCUT2D eigenvalue weighted by Gasteiger charge is 2.20. The molecule has 0 unspecified atom stereocenters. The molecular weight excluding hydrogens is 363 g/mol. The second kappa shape index (κ2) is 7.39. The third-order valence-corrected chi connectivity index (χ3v) is 2.32. The molecular formula is C12H17IN2O4. The number of para-hydroxylation sites is 1. The Labute approximate surface area is 129 Å². The van der Waals surface area contributed by atoms with E-state index in [0.29, 0.717) is 11.0 Å². The minimum absolute atomic E-state index is 0. The largest absolute Gasteiger partial charge is 1.00 e. The van der Waals surface area contributed by atoms with Gasteiger partial charge in [0.1, 0.15) is 18.7 Å². The molecule has 106 valence electrons. The molecule has 0 aliphatic rings. The Morgan fingerprint density at radius 2 is 1.89 bits per heavy atom. The highest BCUT2D eigenvalue weighted by atomic mass is 127. The van der Waals surface area contributed by atoms with Crippen LogP contribution in [-0.2, 0) is 4.74 Å². The summed E-state index contributed by atoms with van der Waals surface area (Å²) in [6.07, 6.45) is 0. The molecule has 0 aliphatic heterocycles. The Balaban J connectivity index is 0.00000324. The number of ether oxygens (including phenoxy) is 1. The number of halogens is 1. The summed E-state index contributed by atoms with van der Waals surface area (Å²) in [5.41, 5.74) is -0.239. The molecule has 6 nitrogen and oxygen atoms in total. The van der Waals surface area contributed by atoms with E-state index >= 15 is 0 Å². The van der Waals surface area contributed by atoms with Crippen LogP contribution in [0.25, 0.3) is 0 Å². The third-order valence-electron chi connectivity index (χ3n) is 2.32. The Morgan fingerprint density at radius 3 is 2.42 bits per heavy atom. The monoisotopic (exact) mass is 380 g/mol. The highest BCUT2D eigenvalue weighted by molar-refractivity contribution is 5.93. The van der Waals surface area contributed by atoms with Crippen molar-refractivity contribution in [3.05, 3.63) is 39.9 Å². The summed E-state index contributed by atoms with van der Waals surface area (Å²) < 4.78 is 5.69. The van der Waals surface area contributed by atoms with Crippen molar-refractivity contribution >= 4 is 11.7 Å². The maximum absolute atomic E-state index is 11.7. The summed E-state index contributed by atoms with van der Waals surface area (Å²) in [5, 5.41) is 10.8. The Bertz CT molecular complexity index is 457. The van der Waals surface area contributed by atoms with Crippen LogP contribution >= 0.6 is 0 Å². The van der Waals surface area contributed by atoms with Gasteiger partial charge in [-0.3, -0.25) is 10.1 Å². The third kappa shape index (κ3) is 5.97. The number of benzene rings is 1. The number of hydrogen-bond acceptors (Lipinski definition) is 4. The van der Waals surface area contributed by atoms with E-state index in [1.54, 1.807) is 6.07 Å². The number of carbonyl (C=O) groups excluding carboxylic acids is 1. The predicted molar refractivity (Wildman–Crippen MR) is 66.3 cm³/mol. The molecule has 0 heterocycles. The van der Waals surface area contributed by atoms with Gasteiger partial charge >= 0.3 is 5.97 Å². The van der Waals surface area contributed by atoms with Crippen molar-refractivity contribution in [1.29, 1.82) is 0 Å². The topological polar surface area (TPSA) is 69.4 Å². The van der Waals surface area contributed by atoms with Gasteiger partial charge in [0.2, 0.25) is 0 Å². The van der Waals surface area contributed by atoms with Gasteiger partial charge in [0, 0.05) is 6.07 Å². The average Bonchev–Trinajstić information content (AvgIpc) is 2.27. The van der Waals surface area contributed by atoms with Crippen LogP contribution in [0, 0.1) is 10.1 Å². The lowest BCUT2D eigenvalue weighted by atomic mass is 10.2. The molecule has 0 bridgehead atoms. The smallest absolute Gasteiger partial charge is 0.345 e. The van der Waals surface area contributed by atoms with E-state index in [0.717, 1.165) is 0 Å². The Kier molecular flexibility index (Phi) is 6.91. The van der Waals surface area contributed by atoms with Crippen molar-refractivity contribution < 1.29 is 42.9 Å². The van der Waals surface area contributed by atoms with Crippen LogP contribution in [0.4, 0.5) is 5.69 Å². The Morgan fingerprint density at radius 1 is 1.32 bits per heavy atom. The SMILES string of the molecule is C[N+](C)(C)CCOC(=O)c1ccccc1[N+](=O)[O-].[I-]. The molecule has 19 heavy (non-hydrogen) atoms. The van der Waals surface area contributed by atoms with Crippen LogP contribution < -0.4 is 24.0 Å². The molecule has 0 fully saturated rings. The van der Waals surface area contributed by atoms with Gasteiger partial charge < -0.3 is 33.2 Å². The van der Waals surface area contributed by atoms with Gasteiger partial charge in [-0.25, -0.2) is 4.79 Å². The first-order valence-electron chi connectivity index (χ1n) is 5.52. The number of likely N-dealkylation sites (N-methyl/N-ethyl adjacent to an activating group) is 1. The van der Waals surface area contributed by atoms with Gasteiger partial charge in [0.05, 0.1) is 26.1 Å². The molecule has 0 aromatic heterocycles. The number of carbonyl (C=O) groups is 1. The summed E-state index contributed by atoms with van der Waals surface area (Å²) in [5.74, 6) is -0.657. The van der Waals surface area contributed by atoms with Crippen molar-refractivity contribution in [3.63, 3.8) is 0 Å². The molecule has 1 aromatic carbocycles. The molecule has 0 aliphatic carbocycles. The van der Waals surface area contributed by atoms with Crippen LogP contribution in [-0.4, -0.2) is 49.7 Å². The Hall–Kier alpha value is -1.22.